The Morgan fingerprint density at radius 1 is 1.24 bits per heavy atom. The summed E-state index contributed by atoms with van der Waals surface area (Å²) in [6.45, 7) is 0. The van der Waals surface area contributed by atoms with Gasteiger partial charge in [0.05, 0.1) is 5.02 Å². The molecular formula is C10H7ClF3N3. The highest BCUT2D eigenvalue weighted by molar-refractivity contribution is 6.33. The zero-order valence-electron chi connectivity index (χ0n) is 8.66. The third kappa shape index (κ3) is 2.12. The minimum atomic E-state index is -4.52. The summed E-state index contributed by atoms with van der Waals surface area (Å²) in [5, 5.41) is 3.39. The van der Waals surface area contributed by atoms with Gasteiger partial charge in [0, 0.05) is 25.0 Å². The largest absolute Gasteiger partial charge is 0.434 e. The van der Waals surface area contributed by atoms with Gasteiger partial charge in [0.25, 0.3) is 0 Å². The number of rotatable bonds is 1. The molecule has 0 saturated heterocycles. The second kappa shape index (κ2) is 4.03. The molecule has 0 bridgehead atoms. The molecule has 2 rings (SSSR count). The van der Waals surface area contributed by atoms with E-state index in [0.717, 1.165) is 4.68 Å². The maximum absolute atomic E-state index is 12.7. The summed E-state index contributed by atoms with van der Waals surface area (Å²) in [6.07, 6.45) is -1.59. The van der Waals surface area contributed by atoms with E-state index >= 15 is 0 Å². The molecule has 0 saturated carbocycles. The molecule has 90 valence electrons. The Balaban J connectivity index is 2.60. The van der Waals surface area contributed by atoms with Gasteiger partial charge in [-0.3, -0.25) is 9.67 Å². The van der Waals surface area contributed by atoms with E-state index in [2.05, 4.69) is 10.1 Å². The molecule has 0 radical (unpaired) electrons. The summed E-state index contributed by atoms with van der Waals surface area (Å²) in [5.41, 5.74) is -0.356. The van der Waals surface area contributed by atoms with E-state index in [0.29, 0.717) is 5.56 Å². The van der Waals surface area contributed by atoms with Crippen molar-refractivity contribution < 1.29 is 13.2 Å². The lowest BCUT2D eigenvalue weighted by atomic mass is 10.2. The molecule has 2 heterocycles. The van der Waals surface area contributed by atoms with Gasteiger partial charge in [-0.15, -0.1) is 0 Å². The second-order valence-electron chi connectivity index (χ2n) is 3.37. The molecule has 0 aliphatic heterocycles. The molecule has 3 nitrogen and oxygen atoms in total. The summed E-state index contributed by atoms with van der Waals surface area (Å²) in [6, 6.07) is 3.10. The van der Waals surface area contributed by atoms with Gasteiger partial charge in [-0.1, -0.05) is 11.6 Å². The molecule has 0 amide bonds. The fourth-order valence-electron chi connectivity index (χ4n) is 1.50. The Bertz CT molecular complexity index is 534. The number of alkyl halides is 3. The van der Waals surface area contributed by atoms with Gasteiger partial charge in [-0.25, -0.2) is 0 Å². The van der Waals surface area contributed by atoms with Crippen molar-refractivity contribution in [3.63, 3.8) is 0 Å². The minimum Gasteiger partial charge on any atom is -0.265 e. The molecule has 0 N–H and O–H groups in total. The van der Waals surface area contributed by atoms with Crippen molar-refractivity contribution in [1.82, 2.24) is 14.8 Å². The Hall–Kier alpha value is -1.56. The van der Waals surface area contributed by atoms with E-state index < -0.39 is 16.9 Å². The minimum absolute atomic E-state index is 0.101. The lowest BCUT2D eigenvalue weighted by Crippen LogP contribution is -2.12. The zero-order valence-corrected chi connectivity index (χ0v) is 9.42. The number of pyridine rings is 1. The van der Waals surface area contributed by atoms with Gasteiger partial charge in [0.1, 0.15) is 5.69 Å². The quantitative estimate of drug-likeness (QED) is 0.789. The summed E-state index contributed by atoms with van der Waals surface area (Å²) < 4.78 is 38.8. The van der Waals surface area contributed by atoms with Gasteiger partial charge < -0.3 is 0 Å². The fourth-order valence-corrected chi connectivity index (χ4v) is 1.88. The molecule has 0 aromatic carbocycles. The summed E-state index contributed by atoms with van der Waals surface area (Å²) in [7, 11) is 1.21. The van der Waals surface area contributed by atoms with E-state index in [-0.39, 0.29) is 5.69 Å². The van der Waals surface area contributed by atoms with Crippen molar-refractivity contribution >= 4 is 11.6 Å². The predicted molar refractivity (Wildman–Crippen MR) is 56.5 cm³/mol. The van der Waals surface area contributed by atoms with Crippen LogP contribution in [0.3, 0.4) is 0 Å². The van der Waals surface area contributed by atoms with Crippen LogP contribution in [-0.2, 0) is 13.2 Å². The number of hydrogen-bond donors (Lipinski definition) is 0. The molecule has 0 fully saturated rings. The zero-order chi connectivity index (χ0) is 12.6. The summed E-state index contributed by atoms with van der Waals surface area (Å²) in [5.74, 6) is 0. The average Bonchev–Trinajstić information content (AvgIpc) is 2.54. The number of halogens is 4. The molecule has 0 unspecified atom stereocenters. The van der Waals surface area contributed by atoms with Crippen molar-refractivity contribution in [3.05, 3.63) is 35.2 Å². The topological polar surface area (TPSA) is 30.7 Å². The van der Waals surface area contributed by atoms with Crippen LogP contribution in [0.4, 0.5) is 13.2 Å². The lowest BCUT2D eigenvalue weighted by molar-refractivity contribution is -0.143. The number of nitrogens with zero attached hydrogens (tertiary/aromatic N) is 3. The van der Waals surface area contributed by atoms with Crippen molar-refractivity contribution in [1.29, 1.82) is 0 Å². The number of hydrogen-bond acceptors (Lipinski definition) is 2. The predicted octanol–water partition coefficient (Wildman–Crippen LogP) is 3.15. The second-order valence-corrected chi connectivity index (χ2v) is 3.75. The van der Waals surface area contributed by atoms with Gasteiger partial charge in [0.2, 0.25) is 0 Å². The smallest absolute Gasteiger partial charge is 0.265 e. The highest BCUT2D eigenvalue weighted by Gasteiger charge is 2.38. The maximum Gasteiger partial charge on any atom is 0.434 e. The molecule has 2 aromatic heterocycles. The fraction of sp³-hybridized carbons (Fsp3) is 0.200. The first-order chi connectivity index (χ1) is 7.91. The third-order valence-electron chi connectivity index (χ3n) is 2.21. The van der Waals surface area contributed by atoms with Crippen LogP contribution in [0.2, 0.25) is 5.02 Å². The Labute approximate surface area is 99.8 Å². The Kier molecular flexibility index (Phi) is 2.82. The number of aryl methyl sites for hydroxylation is 1. The molecule has 17 heavy (non-hydrogen) atoms. The summed E-state index contributed by atoms with van der Waals surface area (Å²) >= 11 is 5.73. The summed E-state index contributed by atoms with van der Waals surface area (Å²) in [4.78, 5) is 3.78. The maximum atomic E-state index is 12.7. The van der Waals surface area contributed by atoms with Gasteiger partial charge >= 0.3 is 6.18 Å². The average molecular weight is 262 g/mol. The van der Waals surface area contributed by atoms with Crippen LogP contribution in [0.5, 0.6) is 0 Å². The van der Waals surface area contributed by atoms with Crippen molar-refractivity contribution in [2.24, 2.45) is 7.05 Å². The van der Waals surface area contributed by atoms with Crippen LogP contribution in [-0.4, -0.2) is 14.8 Å². The molecule has 2 aromatic rings. The Morgan fingerprint density at radius 3 is 2.29 bits per heavy atom. The van der Waals surface area contributed by atoms with Crippen LogP contribution in [0, 0.1) is 0 Å². The van der Waals surface area contributed by atoms with E-state index in [1.54, 1.807) is 12.1 Å². The number of aromatic nitrogens is 3. The Morgan fingerprint density at radius 2 is 1.82 bits per heavy atom. The van der Waals surface area contributed by atoms with Crippen LogP contribution in [0.1, 0.15) is 5.69 Å². The standard InChI is InChI=1S/C10H7ClF3N3/c1-17-9(10(12,13)14)7(11)8(16-17)6-2-4-15-5-3-6/h2-5H,1H3. The molecule has 7 heteroatoms. The molecule has 0 aliphatic rings. The molecular weight excluding hydrogens is 255 g/mol. The molecule has 0 spiro atoms. The highest BCUT2D eigenvalue weighted by Crippen LogP contribution is 2.39. The van der Waals surface area contributed by atoms with E-state index in [9.17, 15) is 13.2 Å². The van der Waals surface area contributed by atoms with Crippen LogP contribution >= 0.6 is 11.6 Å². The van der Waals surface area contributed by atoms with Crippen LogP contribution in [0.25, 0.3) is 11.3 Å². The normalized spacial score (nSPS) is 11.8. The molecule has 0 aliphatic carbocycles. The van der Waals surface area contributed by atoms with Gasteiger partial charge in [-0.05, 0) is 12.1 Å². The van der Waals surface area contributed by atoms with E-state index in [1.165, 1.54) is 19.4 Å². The van der Waals surface area contributed by atoms with Gasteiger partial charge in [0.15, 0.2) is 5.69 Å². The highest BCUT2D eigenvalue weighted by atomic mass is 35.5. The van der Waals surface area contributed by atoms with Crippen LogP contribution < -0.4 is 0 Å². The SMILES string of the molecule is Cn1nc(-c2ccncc2)c(Cl)c1C(F)(F)F. The molecule has 0 atom stereocenters. The first-order valence-electron chi connectivity index (χ1n) is 4.61. The van der Waals surface area contributed by atoms with Gasteiger partial charge in [-0.2, -0.15) is 18.3 Å². The first-order valence-corrected chi connectivity index (χ1v) is 4.99. The van der Waals surface area contributed by atoms with E-state index in [4.69, 9.17) is 11.6 Å². The lowest BCUT2D eigenvalue weighted by Gasteiger charge is -2.06. The van der Waals surface area contributed by atoms with Crippen molar-refractivity contribution in [2.75, 3.05) is 0 Å². The van der Waals surface area contributed by atoms with Crippen molar-refractivity contribution in [3.8, 4) is 11.3 Å². The third-order valence-corrected chi connectivity index (χ3v) is 2.57. The van der Waals surface area contributed by atoms with E-state index in [1.807, 2.05) is 0 Å². The first kappa shape index (κ1) is 11.9. The van der Waals surface area contributed by atoms with Crippen LogP contribution in [0.15, 0.2) is 24.5 Å². The monoisotopic (exact) mass is 261 g/mol. The van der Waals surface area contributed by atoms with Crippen molar-refractivity contribution in [2.45, 2.75) is 6.18 Å².